The Hall–Kier alpha value is -3.06. The van der Waals surface area contributed by atoms with Gasteiger partial charge in [0.15, 0.2) is 11.5 Å². The molecule has 1 saturated carbocycles. The number of carbonyl (C=O) groups is 1. The lowest BCUT2D eigenvalue weighted by atomic mass is 9.77. The number of rotatable bonds is 3. The van der Waals surface area contributed by atoms with Crippen molar-refractivity contribution in [1.82, 2.24) is 14.5 Å². The van der Waals surface area contributed by atoms with Crippen LogP contribution in [0.2, 0.25) is 0 Å². The van der Waals surface area contributed by atoms with Crippen LogP contribution in [0.1, 0.15) is 29.2 Å². The predicted octanol–water partition coefficient (Wildman–Crippen LogP) is 2.83. The van der Waals surface area contributed by atoms with Crippen LogP contribution >= 0.6 is 0 Å². The molecule has 2 heterocycles. The van der Waals surface area contributed by atoms with Crippen LogP contribution in [0.4, 0.5) is 0 Å². The third-order valence-corrected chi connectivity index (χ3v) is 6.66. The van der Waals surface area contributed by atoms with Crippen LogP contribution in [0, 0.1) is 11.8 Å². The first-order chi connectivity index (χ1) is 14.5. The molecule has 0 spiro atoms. The summed E-state index contributed by atoms with van der Waals surface area (Å²) in [6, 6.07) is 12.7. The number of ether oxygens (including phenoxy) is 1. The van der Waals surface area contributed by atoms with Crippen molar-refractivity contribution in [2.45, 2.75) is 25.0 Å². The molecule has 4 atom stereocenters. The van der Waals surface area contributed by atoms with E-state index in [9.17, 15) is 15.0 Å². The van der Waals surface area contributed by atoms with Crippen molar-refractivity contribution in [3.8, 4) is 11.5 Å². The molecular formula is C23H25N3O4. The number of likely N-dealkylation sites (tertiary alicyclic amines) is 1. The summed E-state index contributed by atoms with van der Waals surface area (Å²) in [6.45, 7) is 1.29. The van der Waals surface area contributed by atoms with Gasteiger partial charge in [-0.1, -0.05) is 12.1 Å². The Balaban J connectivity index is 1.34. The van der Waals surface area contributed by atoms with Gasteiger partial charge in [0.1, 0.15) is 0 Å². The van der Waals surface area contributed by atoms with Crippen LogP contribution in [0.25, 0.3) is 11.0 Å². The highest BCUT2D eigenvalue weighted by atomic mass is 16.5. The Morgan fingerprint density at radius 1 is 1.13 bits per heavy atom. The number of aliphatic hydroxyl groups excluding tert-OH is 1. The molecule has 7 heteroatoms. The lowest BCUT2D eigenvalue weighted by Crippen LogP contribution is -2.36. The van der Waals surface area contributed by atoms with E-state index in [0.717, 1.165) is 17.5 Å². The zero-order chi connectivity index (χ0) is 20.8. The molecular weight excluding hydrogens is 382 g/mol. The van der Waals surface area contributed by atoms with E-state index in [4.69, 9.17) is 4.74 Å². The monoisotopic (exact) mass is 407 g/mol. The minimum Gasteiger partial charge on any atom is -0.504 e. The van der Waals surface area contributed by atoms with E-state index < -0.39 is 6.10 Å². The van der Waals surface area contributed by atoms with Gasteiger partial charge in [-0.25, -0.2) is 4.98 Å². The van der Waals surface area contributed by atoms with Gasteiger partial charge in [0.2, 0.25) is 0 Å². The number of imidazole rings is 1. The fourth-order valence-electron chi connectivity index (χ4n) is 5.12. The fraction of sp³-hybridized carbons (Fsp3) is 0.391. The highest BCUT2D eigenvalue weighted by Crippen LogP contribution is 2.42. The number of amides is 1. The van der Waals surface area contributed by atoms with Crippen molar-refractivity contribution in [3.05, 3.63) is 54.4 Å². The standard InChI is InChI=1S/C23H25N3O4/c1-30-22-7-6-14(9-21(22)28)23(29)25-11-15-8-19(20(27)10-16(15)12-25)26-13-24-17-4-2-3-5-18(17)26/h2-7,9,13,15-16,19-20,27-28H,8,10-12H2,1H3/t15-,16+,19-,20-/m1/s1. The molecule has 0 unspecified atom stereocenters. The Morgan fingerprint density at radius 3 is 2.67 bits per heavy atom. The summed E-state index contributed by atoms with van der Waals surface area (Å²) in [6.07, 6.45) is 2.82. The van der Waals surface area contributed by atoms with Gasteiger partial charge >= 0.3 is 0 Å². The predicted molar refractivity (Wildman–Crippen MR) is 112 cm³/mol. The number of para-hydroxylation sites is 2. The Morgan fingerprint density at radius 2 is 1.90 bits per heavy atom. The molecule has 2 fully saturated rings. The molecule has 0 radical (unpaired) electrons. The van der Waals surface area contributed by atoms with Gasteiger partial charge < -0.3 is 24.4 Å². The highest BCUT2D eigenvalue weighted by molar-refractivity contribution is 5.95. The summed E-state index contributed by atoms with van der Waals surface area (Å²) in [7, 11) is 1.48. The van der Waals surface area contributed by atoms with Crippen LogP contribution in [-0.4, -0.2) is 56.9 Å². The summed E-state index contributed by atoms with van der Waals surface area (Å²) < 4.78 is 7.15. The molecule has 1 aliphatic carbocycles. The second-order valence-corrected chi connectivity index (χ2v) is 8.36. The van der Waals surface area contributed by atoms with E-state index in [1.807, 2.05) is 35.5 Å². The summed E-state index contributed by atoms with van der Waals surface area (Å²) in [5.74, 6) is 0.821. The number of phenols is 1. The van der Waals surface area contributed by atoms with E-state index in [1.165, 1.54) is 13.2 Å². The first kappa shape index (κ1) is 18.9. The van der Waals surface area contributed by atoms with Crippen molar-refractivity contribution in [2.75, 3.05) is 20.2 Å². The van der Waals surface area contributed by atoms with E-state index in [2.05, 4.69) is 9.55 Å². The summed E-state index contributed by atoms with van der Waals surface area (Å²) >= 11 is 0. The summed E-state index contributed by atoms with van der Waals surface area (Å²) in [5.41, 5.74) is 2.40. The van der Waals surface area contributed by atoms with Gasteiger partial charge in [-0.2, -0.15) is 0 Å². The molecule has 5 rings (SSSR count). The van der Waals surface area contributed by atoms with Crippen molar-refractivity contribution < 1.29 is 19.7 Å². The topological polar surface area (TPSA) is 87.8 Å². The number of fused-ring (bicyclic) bond motifs is 2. The van der Waals surface area contributed by atoms with E-state index in [0.29, 0.717) is 36.7 Å². The zero-order valence-electron chi connectivity index (χ0n) is 16.8. The minimum absolute atomic E-state index is 0.0394. The van der Waals surface area contributed by atoms with Crippen molar-refractivity contribution in [2.24, 2.45) is 11.8 Å². The number of carbonyl (C=O) groups excluding carboxylic acids is 1. The average Bonchev–Trinajstić information content (AvgIpc) is 3.36. The highest BCUT2D eigenvalue weighted by Gasteiger charge is 2.44. The molecule has 1 amide bonds. The van der Waals surface area contributed by atoms with Crippen molar-refractivity contribution in [3.63, 3.8) is 0 Å². The zero-order valence-corrected chi connectivity index (χ0v) is 16.8. The van der Waals surface area contributed by atoms with Gasteiger partial charge in [-0.05, 0) is 55.0 Å². The van der Waals surface area contributed by atoms with Crippen LogP contribution in [-0.2, 0) is 0 Å². The van der Waals surface area contributed by atoms with Crippen LogP contribution in [0.5, 0.6) is 11.5 Å². The number of aliphatic hydroxyl groups is 1. The second kappa shape index (κ2) is 7.32. The number of hydrogen-bond donors (Lipinski definition) is 2. The molecule has 156 valence electrons. The molecule has 0 bridgehead atoms. The van der Waals surface area contributed by atoms with Crippen LogP contribution < -0.4 is 4.74 Å². The molecule has 7 nitrogen and oxygen atoms in total. The molecule has 1 saturated heterocycles. The van der Waals surface area contributed by atoms with E-state index in [1.54, 1.807) is 12.1 Å². The van der Waals surface area contributed by atoms with E-state index >= 15 is 0 Å². The molecule has 2 N–H and O–H groups in total. The lowest BCUT2D eigenvalue weighted by molar-refractivity contribution is 0.0374. The summed E-state index contributed by atoms with van der Waals surface area (Å²) in [5, 5.41) is 20.9. The minimum atomic E-state index is -0.469. The number of nitrogens with zero attached hydrogens (tertiary/aromatic N) is 3. The normalized spacial score (nSPS) is 26.0. The van der Waals surface area contributed by atoms with Crippen LogP contribution in [0.15, 0.2) is 48.8 Å². The quantitative estimate of drug-likeness (QED) is 0.697. The average molecular weight is 407 g/mol. The number of hydrogen-bond acceptors (Lipinski definition) is 5. The Kier molecular flexibility index (Phi) is 4.62. The first-order valence-electron chi connectivity index (χ1n) is 10.3. The maximum atomic E-state index is 13.0. The van der Waals surface area contributed by atoms with Gasteiger partial charge in [-0.15, -0.1) is 0 Å². The first-order valence-corrected chi connectivity index (χ1v) is 10.3. The largest absolute Gasteiger partial charge is 0.504 e. The molecule has 2 aromatic carbocycles. The maximum Gasteiger partial charge on any atom is 0.254 e. The van der Waals surface area contributed by atoms with E-state index in [-0.39, 0.29) is 23.6 Å². The second-order valence-electron chi connectivity index (χ2n) is 8.36. The third-order valence-electron chi connectivity index (χ3n) is 6.66. The lowest BCUT2D eigenvalue weighted by Gasteiger charge is -2.36. The maximum absolute atomic E-state index is 13.0. The molecule has 30 heavy (non-hydrogen) atoms. The number of benzene rings is 2. The van der Waals surface area contributed by atoms with Crippen LogP contribution in [0.3, 0.4) is 0 Å². The third kappa shape index (κ3) is 3.10. The smallest absolute Gasteiger partial charge is 0.254 e. The molecule has 1 aliphatic heterocycles. The molecule has 2 aliphatic rings. The van der Waals surface area contributed by atoms with Gasteiger partial charge in [0.05, 0.1) is 36.6 Å². The van der Waals surface area contributed by atoms with Crippen molar-refractivity contribution in [1.29, 1.82) is 0 Å². The van der Waals surface area contributed by atoms with Gasteiger partial charge in [-0.3, -0.25) is 4.79 Å². The molecule has 1 aromatic heterocycles. The number of methoxy groups -OCH3 is 1. The number of aromatic nitrogens is 2. The van der Waals surface area contributed by atoms with Gasteiger partial charge in [0, 0.05) is 18.7 Å². The SMILES string of the molecule is COc1ccc(C(=O)N2C[C@H]3C[C@@H](n4cnc5ccccc54)[C@H](O)C[C@H]3C2)cc1O. The Bertz CT molecular complexity index is 1090. The van der Waals surface area contributed by atoms with Crippen molar-refractivity contribution >= 4 is 16.9 Å². The van der Waals surface area contributed by atoms with Gasteiger partial charge in [0.25, 0.3) is 5.91 Å². The fourth-order valence-corrected chi connectivity index (χ4v) is 5.12. The summed E-state index contributed by atoms with van der Waals surface area (Å²) in [4.78, 5) is 19.3. The Labute approximate surface area is 174 Å². The molecule has 3 aromatic rings. The number of phenolic OH excluding ortho intramolecular Hbond substituents is 1. The number of aromatic hydroxyl groups is 1.